The summed E-state index contributed by atoms with van der Waals surface area (Å²) in [4.78, 5) is 16.3. The first-order valence-corrected chi connectivity index (χ1v) is 9.17. The average Bonchev–Trinajstić information content (AvgIpc) is 3.40. The van der Waals surface area contributed by atoms with Crippen molar-refractivity contribution in [3.05, 3.63) is 79.0 Å². The molecule has 6 nitrogen and oxygen atoms in total. The summed E-state index contributed by atoms with van der Waals surface area (Å²) in [6.45, 7) is 0.617. The minimum atomic E-state index is -0.228. The van der Waals surface area contributed by atoms with Crippen LogP contribution in [-0.2, 0) is 11.3 Å². The number of fused-ring (bicyclic) bond motifs is 1. The number of nitrogens with one attached hydrogen (secondary N) is 1. The maximum absolute atomic E-state index is 12.4. The fraction of sp³-hybridized carbons (Fsp3) is 0.0870. The van der Waals surface area contributed by atoms with E-state index in [0.717, 1.165) is 22.0 Å². The Kier molecular flexibility index (Phi) is 5.21. The van der Waals surface area contributed by atoms with Crippen LogP contribution in [0.25, 0.3) is 28.3 Å². The predicted octanol–water partition coefficient (Wildman–Crippen LogP) is 4.86. The smallest absolute Gasteiger partial charge is 0.248 e. The van der Waals surface area contributed by atoms with Gasteiger partial charge in [-0.3, -0.25) is 4.79 Å². The number of aromatic nitrogens is 2. The molecule has 0 spiro atoms. The molecule has 0 radical (unpaired) electrons. The number of anilines is 1. The molecule has 2 aromatic heterocycles. The summed E-state index contributed by atoms with van der Waals surface area (Å²) < 4.78 is 7.33. The van der Waals surface area contributed by atoms with E-state index in [-0.39, 0.29) is 5.91 Å². The fourth-order valence-electron chi connectivity index (χ4n) is 3.22. The summed E-state index contributed by atoms with van der Waals surface area (Å²) in [5.41, 5.74) is 3.49. The summed E-state index contributed by atoms with van der Waals surface area (Å²) in [6.07, 6.45) is 8.71. The van der Waals surface area contributed by atoms with Gasteiger partial charge in [-0.2, -0.15) is 5.26 Å². The van der Waals surface area contributed by atoms with Gasteiger partial charge in [-0.1, -0.05) is 30.3 Å². The number of carbonyl (C=O) groups is 1. The maximum atomic E-state index is 12.4. The lowest BCUT2D eigenvalue weighted by Crippen LogP contribution is -2.07. The molecule has 0 aliphatic heterocycles. The highest BCUT2D eigenvalue weighted by molar-refractivity contribution is 6.03. The highest BCUT2D eigenvalue weighted by Crippen LogP contribution is 2.24. The SMILES string of the molecule is N#CCCn1cc(C=CC(=O)Nc2cccc(-c3cnco3)c2)c2ccccc21. The molecule has 29 heavy (non-hydrogen) atoms. The largest absolute Gasteiger partial charge is 0.444 e. The Morgan fingerprint density at radius 2 is 2.14 bits per heavy atom. The second-order valence-corrected chi connectivity index (χ2v) is 6.47. The van der Waals surface area contributed by atoms with Crippen LogP contribution >= 0.6 is 0 Å². The van der Waals surface area contributed by atoms with E-state index in [0.29, 0.717) is 24.4 Å². The molecule has 4 aromatic rings. The third-order valence-corrected chi connectivity index (χ3v) is 4.55. The van der Waals surface area contributed by atoms with Crippen molar-refractivity contribution in [2.24, 2.45) is 0 Å². The lowest BCUT2D eigenvalue weighted by molar-refractivity contribution is -0.111. The zero-order valence-electron chi connectivity index (χ0n) is 15.6. The van der Waals surface area contributed by atoms with Crippen molar-refractivity contribution in [1.82, 2.24) is 9.55 Å². The Hall–Kier alpha value is -4.11. The summed E-state index contributed by atoms with van der Waals surface area (Å²) in [5.74, 6) is 0.412. The summed E-state index contributed by atoms with van der Waals surface area (Å²) in [7, 11) is 0. The van der Waals surface area contributed by atoms with E-state index in [2.05, 4.69) is 16.4 Å². The highest BCUT2D eigenvalue weighted by Gasteiger charge is 2.07. The minimum Gasteiger partial charge on any atom is -0.444 e. The Morgan fingerprint density at radius 1 is 1.24 bits per heavy atom. The van der Waals surface area contributed by atoms with Crippen LogP contribution in [0.5, 0.6) is 0 Å². The molecule has 0 atom stereocenters. The van der Waals surface area contributed by atoms with Gasteiger partial charge in [-0.05, 0) is 24.3 Å². The van der Waals surface area contributed by atoms with Gasteiger partial charge in [0, 0.05) is 46.5 Å². The van der Waals surface area contributed by atoms with E-state index in [4.69, 9.17) is 9.68 Å². The number of hydrogen-bond donors (Lipinski definition) is 1. The van der Waals surface area contributed by atoms with Crippen LogP contribution in [0.1, 0.15) is 12.0 Å². The van der Waals surface area contributed by atoms with Crippen molar-refractivity contribution in [2.45, 2.75) is 13.0 Å². The zero-order chi connectivity index (χ0) is 20.1. The van der Waals surface area contributed by atoms with Gasteiger partial charge in [-0.15, -0.1) is 0 Å². The lowest BCUT2D eigenvalue weighted by Gasteiger charge is -2.03. The van der Waals surface area contributed by atoms with Crippen molar-refractivity contribution in [2.75, 3.05) is 5.32 Å². The number of para-hydroxylation sites is 1. The maximum Gasteiger partial charge on any atom is 0.248 e. The molecule has 0 aliphatic carbocycles. The molecule has 0 aliphatic rings. The summed E-state index contributed by atoms with van der Waals surface area (Å²) >= 11 is 0. The first kappa shape index (κ1) is 18.3. The van der Waals surface area contributed by atoms with Gasteiger partial charge in [0.15, 0.2) is 12.2 Å². The molecular weight excluding hydrogens is 364 g/mol. The second-order valence-electron chi connectivity index (χ2n) is 6.47. The van der Waals surface area contributed by atoms with Gasteiger partial charge >= 0.3 is 0 Å². The van der Waals surface area contributed by atoms with E-state index < -0.39 is 0 Å². The third-order valence-electron chi connectivity index (χ3n) is 4.55. The number of benzene rings is 2. The Morgan fingerprint density at radius 3 is 2.97 bits per heavy atom. The Balaban J connectivity index is 1.52. The molecule has 0 saturated carbocycles. The quantitative estimate of drug-likeness (QED) is 0.483. The molecule has 2 aromatic carbocycles. The number of nitriles is 1. The number of carbonyl (C=O) groups excluding carboxylic acids is 1. The molecule has 142 valence electrons. The van der Waals surface area contributed by atoms with E-state index >= 15 is 0 Å². The first-order valence-electron chi connectivity index (χ1n) is 9.17. The van der Waals surface area contributed by atoms with Crippen molar-refractivity contribution in [1.29, 1.82) is 5.26 Å². The normalized spacial score (nSPS) is 11.0. The Bertz CT molecular complexity index is 1210. The van der Waals surface area contributed by atoms with Crippen molar-refractivity contribution in [3.63, 3.8) is 0 Å². The van der Waals surface area contributed by atoms with Crippen LogP contribution < -0.4 is 5.32 Å². The number of rotatable bonds is 6. The van der Waals surface area contributed by atoms with Crippen LogP contribution in [0.3, 0.4) is 0 Å². The lowest BCUT2D eigenvalue weighted by atomic mass is 10.1. The molecule has 4 rings (SSSR count). The third kappa shape index (κ3) is 4.09. The van der Waals surface area contributed by atoms with Gasteiger partial charge in [0.1, 0.15) is 0 Å². The fourth-order valence-corrected chi connectivity index (χ4v) is 3.22. The highest BCUT2D eigenvalue weighted by atomic mass is 16.3. The van der Waals surface area contributed by atoms with Crippen LogP contribution in [0.15, 0.2) is 77.8 Å². The average molecular weight is 382 g/mol. The van der Waals surface area contributed by atoms with Crippen molar-refractivity contribution < 1.29 is 9.21 Å². The zero-order valence-corrected chi connectivity index (χ0v) is 15.6. The van der Waals surface area contributed by atoms with Crippen molar-refractivity contribution in [3.8, 4) is 17.4 Å². The molecular formula is C23H18N4O2. The first-order chi connectivity index (χ1) is 14.2. The summed E-state index contributed by atoms with van der Waals surface area (Å²) in [5, 5.41) is 12.8. The topological polar surface area (TPSA) is 83.9 Å². The minimum absolute atomic E-state index is 0.228. The molecule has 1 N–H and O–H groups in total. The van der Waals surface area contributed by atoms with Crippen molar-refractivity contribution >= 4 is 28.6 Å². The number of nitrogens with zero attached hydrogens (tertiary/aromatic N) is 3. The van der Waals surface area contributed by atoms with E-state index in [9.17, 15) is 4.79 Å². The van der Waals surface area contributed by atoms with Crippen LogP contribution in [0, 0.1) is 11.3 Å². The van der Waals surface area contributed by atoms with Crippen LogP contribution in [0.2, 0.25) is 0 Å². The van der Waals surface area contributed by atoms with E-state index in [1.54, 1.807) is 12.3 Å². The molecule has 0 fully saturated rings. The number of amides is 1. The molecule has 0 bridgehead atoms. The number of oxazole rings is 1. The van der Waals surface area contributed by atoms with Crippen LogP contribution in [0.4, 0.5) is 5.69 Å². The molecule has 2 heterocycles. The van der Waals surface area contributed by atoms with Gasteiger partial charge < -0.3 is 14.3 Å². The van der Waals surface area contributed by atoms with Gasteiger partial charge in [-0.25, -0.2) is 4.98 Å². The molecule has 6 heteroatoms. The van der Waals surface area contributed by atoms with Crippen LogP contribution in [-0.4, -0.2) is 15.5 Å². The number of hydrogen-bond acceptors (Lipinski definition) is 4. The van der Waals surface area contributed by atoms with E-state index in [1.807, 2.05) is 59.3 Å². The summed E-state index contributed by atoms with van der Waals surface area (Å²) in [6, 6.07) is 17.5. The monoisotopic (exact) mass is 382 g/mol. The molecule has 0 unspecified atom stereocenters. The number of aryl methyl sites for hydroxylation is 1. The van der Waals surface area contributed by atoms with E-state index in [1.165, 1.54) is 12.5 Å². The standard InChI is InChI=1S/C23H18N4O2/c24-11-4-12-27-15-18(20-7-1-2-8-21(20)27)9-10-23(28)26-19-6-3-5-17(13-19)22-14-25-16-29-22/h1-3,5-10,13-16H,4,12H2,(H,26,28). The Labute approximate surface area is 167 Å². The molecule has 0 saturated heterocycles. The second kappa shape index (κ2) is 8.28. The predicted molar refractivity (Wildman–Crippen MR) is 112 cm³/mol. The molecule has 1 amide bonds. The van der Waals surface area contributed by atoms with Gasteiger partial charge in [0.2, 0.25) is 5.91 Å². The van der Waals surface area contributed by atoms with Gasteiger partial charge in [0.25, 0.3) is 0 Å². The van der Waals surface area contributed by atoms with Gasteiger partial charge in [0.05, 0.1) is 18.7 Å².